The van der Waals surface area contributed by atoms with Gasteiger partial charge < -0.3 is 25.0 Å². The fourth-order valence-electron chi connectivity index (χ4n) is 5.49. The van der Waals surface area contributed by atoms with Gasteiger partial charge in [0, 0.05) is 51.0 Å². The van der Waals surface area contributed by atoms with Crippen LogP contribution in [0.2, 0.25) is 0 Å². The Bertz CT molecular complexity index is 502. The third kappa shape index (κ3) is 3.22. The van der Waals surface area contributed by atoms with E-state index >= 15 is 0 Å². The lowest BCUT2D eigenvalue weighted by molar-refractivity contribution is -0.143. The Morgan fingerprint density at radius 1 is 1.44 bits per heavy atom. The van der Waals surface area contributed by atoms with E-state index < -0.39 is 0 Å². The number of piperazine rings is 1. The second-order valence-electron chi connectivity index (χ2n) is 8.44. The van der Waals surface area contributed by atoms with E-state index in [9.17, 15) is 4.79 Å². The van der Waals surface area contributed by atoms with Crippen LogP contribution in [0.15, 0.2) is 0 Å². The largest absolute Gasteiger partial charge is 0.379 e. The summed E-state index contributed by atoms with van der Waals surface area (Å²) < 4.78 is 11.1. The number of carbonyl (C=O) groups is 1. The molecule has 6 nitrogen and oxygen atoms in total. The average molecular weight is 351 g/mol. The SMILES string of the molecule is CC[C@]1(C(=O)N2CC3CC2CN3)CC[C@@H](N[C@@H]2CCOC[C@H]2OC)C1. The first-order valence-electron chi connectivity index (χ1n) is 10.1. The summed E-state index contributed by atoms with van der Waals surface area (Å²) in [4.78, 5) is 15.6. The zero-order valence-electron chi connectivity index (χ0n) is 15.6. The van der Waals surface area contributed by atoms with Gasteiger partial charge in [0.1, 0.15) is 0 Å². The smallest absolute Gasteiger partial charge is 0.229 e. The normalized spacial score (nSPS) is 43.8. The Kier molecular flexibility index (Phi) is 5.06. The molecule has 6 heteroatoms. The lowest BCUT2D eigenvalue weighted by Crippen LogP contribution is -2.53. The zero-order valence-corrected chi connectivity index (χ0v) is 15.6. The third-order valence-corrected chi connectivity index (χ3v) is 7.11. The van der Waals surface area contributed by atoms with E-state index in [4.69, 9.17) is 9.47 Å². The van der Waals surface area contributed by atoms with Crippen molar-refractivity contribution in [3.63, 3.8) is 0 Å². The van der Waals surface area contributed by atoms with Crippen molar-refractivity contribution in [1.29, 1.82) is 0 Å². The molecule has 3 saturated heterocycles. The molecule has 1 aliphatic carbocycles. The second kappa shape index (κ2) is 7.14. The van der Waals surface area contributed by atoms with E-state index in [1.54, 1.807) is 7.11 Å². The summed E-state index contributed by atoms with van der Waals surface area (Å²) in [5.41, 5.74) is -0.157. The fourth-order valence-corrected chi connectivity index (χ4v) is 5.49. The van der Waals surface area contributed by atoms with Gasteiger partial charge in [-0.05, 0) is 38.5 Å². The van der Waals surface area contributed by atoms with Crippen molar-refractivity contribution in [1.82, 2.24) is 15.5 Å². The molecule has 0 aromatic heterocycles. The Hall–Kier alpha value is -0.690. The van der Waals surface area contributed by atoms with Gasteiger partial charge >= 0.3 is 0 Å². The number of fused-ring (bicyclic) bond motifs is 2. The molecule has 0 radical (unpaired) electrons. The molecule has 4 fully saturated rings. The minimum absolute atomic E-state index is 0.126. The summed E-state index contributed by atoms with van der Waals surface area (Å²) in [5, 5.41) is 7.30. The highest BCUT2D eigenvalue weighted by atomic mass is 16.5. The number of nitrogens with one attached hydrogen (secondary N) is 2. The van der Waals surface area contributed by atoms with E-state index in [1.807, 2.05) is 0 Å². The molecule has 4 aliphatic rings. The first kappa shape index (κ1) is 17.7. The number of rotatable bonds is 5. The molecular formula is C19H33N3O3. The molecule has 142 valence electrons. The average Bonchev–Trinajstić information content (AvgIpc) is 3.37. The maximum Gasteiger partial charge on any atom is 0.229 e. The molecule has 6 atom stereocenters. The Morgan fingerprint density at radius 3 is 3.00 bits per heavy atom. The van der Waals surface area contributed by atoms with E-state index in [0.717, 1.165) is 58.2 Å². The topological polar surface area (TPSA) is 62.8 Å². The molecule has 0 aromatic carbocycles. The monoisotopic (exact) mass is 351 g/mol. The molecule has 1 saturated carbocycles. The molecule has 3 aliphatic heterocycles. The maximum atomic E-state index is 13.4. The van der Waals surface area contributed by atoms with Gasteiger partial charge in [0.05, 0.1) is 18.1 Å². The Morgan fingerprint density at radius 2 is 2.32 bits per heavy atom. The van der Waals surface area contributed by atoms with E-state index in [1.165, 1.54) is 0 Å². The number of amides is 1. The summed E-state index contributed by atoms with van der Waals surface area (Å²) in [7, 11) is 1.76. The predicted octanol–water partition coefficient (Wildman–Crippen LogP) is 0.902. The van der Waals surface area contributed by atoms with Crippen LogP contribution in [0, 0.1) is 5.41 Å². The van der Waals surface area contributed by atoms with Crippen molar-refractivity contribution in [2.45, 2.75) is 75.7 Å². The lowest BCUT2D eigenvalue weighted by atomic mass is 9.81. The number of likely N-dealkylation sites (tertiary alicyclic amines) is 1. The number of ether oxygens (including phenoxy) is 2. The van der Waals surface area contributed by atoms with Crippen molar-refractivity contribution in [3.8, 4) is 0 Å². The van der Waals surface area contributed by atoms with Crippen molar-refractivity contribution in [2.75, 3.05) is 33.4 Å². The minimum Gasteiger partial charge on any atom is -0.379 e. The Labute approximate surface area is 151 Å². The molecule has 25 heavy (non-hydrogen) atoms. The number of hydrogen-bond donors (Lipinski definition) is 2. The number of methoxy groups -OCH3 is 1. The van der Waals surface area contributed by atoms with Gasteiger partial charge in [0.25, 0.3) is 0 Å². The summed E-state index contributed by atoms with van der Waals surface area (Å²) in [6.45, 7) is 5.55. The number of carbonyl (C=O) groups excluding carboxylic acids is 1. The molecule has 2 unspecified atom stereocenters. The van der Waals surface area contributed by atoms with Crippen LogP contribution in [-0.4, -0.2) is 74.5 Å². The zero-order chi connectivity index (χ0) is 17.4. The first-order valence-corrected chi connectivity index (χ1v) is 10.1. The van der Waals surface area contributed by atoms with Gasteiger partial charge in [-0.15, -0.1) is 0 Å². The van der Waals surface area contributed by atoms with Crippen molar-refractivity contribution >= 4 is 5.91 Å². The van der Waals surface area contributed by atoms with Crippen molar-refractivity contribution in [3.05, 3.63) is 0 Å². The summed E-state index contributed by atoms with van der Waals surface area (Å²) in [5.74, 6) is 0.420. The van der Waals surface area contributed by atoms with Gasteiger partial charge in [-0.3, -0.25) is 4.79 Å². The third-order valence-electron chi connectivity index (χ3n) is 7.11. The predicted molar refractivity (Wildman–Crippen MR) is 95.4 cm³/mol. The first-order chi connectivity index (χ1) is 12.1. The highest BCUT2D eigenvalue weighted by Gasteiger charge is 2.50. The van der Waals surface area contributed by atoms with Crippen LogP contribution in [0.3, 0.4) is 0 Å². The van der Waals surface area contributed by atoms with Crippen molar-refractivity contribution < 1.29 is 14.3 Å². The van der Waals surface area contributed by atoms with E-state index in [-0.39, 0.29) is 11.5 Å². The van der Waals surface area contributed by atoms with Crippen molar-refractivity contribution in [2.24, 2.45) is 5.41 Å². The number of hydrogen-bond acceptors (Lipinski definition) is 5. The molecule has 2 N–H and O–H groups in total. The van der Waals surface area contributed by atoms with Gasteiger partial charge in [0.2, 0.25) is 5.91 Å². The molecule has 3 heterocycles. The molecule has 0 spiro atoms. The van der Waals surface area contributed by atoms with Crippen LogP contribution < -0.4 is 10.6 Å². The number of nitrogens with zero attached hydrogens (tertiary/aromatic N) is 1. The van der Waals surface area contributed by atoms with E-state index in [0.29, 0.717) is 36.7 Å². The van der Waals surface area contributed by atoms with Crippen LogP contribution in [0.1, 0.15) is 45.4 Å². The van der Waals surface area contributed by atoms with Crippen LogP contribution in [0.4, 0.5) is 0 Å². The van der Waals surface area contributed by atoms with Crippen LogP contribution >= 0.6 is 0 Å². The molecule has 2 bridgehead atoms. The summed E-state index contributed by atoms with van der Waals surface area (Å²) in [6.07, 6.45) is 6.29. The van der Waals surface area contributed by atoms with Crippen LogP contribution in [-0.2, 0) is 14.3 Å². The molecule has 0 aromatic rings. The maximum absolute atomic E-state index is 13.4. The molecule has 1 amide bonds. The highest BCUT2D eigenvalue weighted by Crippen LogP contribution is 2.44. The fraction of sp³-hybridized carbons (Fsp3) is 0.947. The molecular weight excluding hydrogens is 318 g/mol. The van der Waals surface area contributed by atoms with Crippen LogP contribution in [0.25, 0.3) is 0 Å². The molecule has 4 rings (SSSR count). The summed E-state index contributed by atoms with van der Waals surface area (Å²) in [6, 6.07) is 1.73. The standard InChI is InChI=1S/C19H33N3O3/c1-3-19(18(23)22-11-14-8-15(22)10-20-14)6-4-13(9-19)21-16-5-7-25-12-17(16)24-2/h13-17,20-21H,3-12H2,1-2H3/t13-,14?,15?,16-,17-,19+/m1/s1. The summed E-state index contributed by atoms with van der Waals surface area (Å²) >= 11 is 0. The van der Waals surface area contributed by atoms with Gasteiger partial charge in [-0.1, -0.05) is 6.92 Å². The Balaban J connectivity index is 1.39. The lowest BCUT2D eigenvalue weighted by Gasteiger charge is -2.37. The van der Waals surface area contributed by atoms with Gasteiger partial charge in [-0.25, -0.2) is 0 Å². The van der Waals surface area contributed by atoms with Crippen LogP contribution in [0.5, 0.6) is 0 Å². The quantitative estimate of drug-likeness (QED) is 0.771. The minimum atomic E-state index is -0.157. The second-order valence-corrected chi connectivity index (χ2v) is 8.44. The van der Waals surface area contributed by atoms with Gasteiger partial charge in [0.15, 0.2) is 0 Å². The highest BCUT2D eigenvalue weighted by molar-refractivity contribution is 5.84. The van der Waals surface area contributed by atoms with Gasteiger partial charge in [-0.2, -0.15) is 0 Å². The van der Waals surface area contributed by atoms with E-state index in [2.05, 4.69) is 22.5 Å².